The molecule has 0 aromatic carbocycles. The topological polar surface area (TPSA) is 51.8 Å². The fraction of sp³-hybridized carbons (Fsp3) is 0. The average molecular weight is 121 g/mol. The Morgan fingerprint density at radius 2 is 2.44 bits per heavy atom. The molecular formula is C6H7N3. The summed E-state index contributed by atoms with van der Waals surface area (Å²) in [5.41, 5.74) is 5.34. The van der Waals surface area contributed by atoms with Crippen LogP contribution in [0.25, 0.3) is 6.08 Å². The van der Waals surface area contributed by atoms with Crippen molar-refractivity contribution in [3.05, 3.63) is 24.7 Å². The van der Waals surface area contributed by atoms with Crippen LogP contribution in [0, 0.1) is 0 Å². The van der Waals surface area contributed by atoms with Gasteiger partial charge in [0.2, 0.25) is 0 Å². The molecule has 0 bridgehead atoms. The normalized spacial score (nSPS) is 8.89. The molecule has 0 aliphatic carbocycles. The molecule has 3 heteroatoms. The summed E-state index contributed by atoms with van der Waals surface area (Å²) in [6.45, 7) is 3.49. The minimum absolute atomic E-state index is 0.472. The third kappa shape index (κ3) is 1.25. The SMILES string of the molecule is C=Cc1nccc(N)n1. The van der Waals surface area contributed by atoms with Gasteiger partial charge in [0.15, 0.2) is 5.82 Å². The van der Waals surface area contributed by atoms with E-state index in [0.29, 0.717) is 11.6 Å². The number of nitrogens with zero attached hydrogens (tertiary/aromatic N) is 2. The number of hydrogen-bond donors (Lipinski definition) is 1. The first-order chi connectivity index (χ1) is 4.33. The fourth-order valence-corrected chi connectivity index (χ4v) is 0.487. The van der Waals surface area contributed by atoms with Gasteiger partial charge in [0.05, 0.1) is 0 Å². The van der Waals surface area contributed by atoms with Crippen LogP contribution in [0.3, 0.4) is 0 Å². The van der Waals surface area contributed by atoms with Crippen LogP contribution < -0.4 is 5.73 Å². The Labute approximate surface area is 53.3 Å². The second-order valence-corrected chi connectivity index (χ2v) is 1.54. The van der Waals surface area contributed by atoms with Crippen LogP contribution in [-0.2, 0) is 0 Å². The summed E-state index contributed by atoms with van der Waals surface area (Å²) in [5, 5.41) is 0. The van der Waals surface area contributed by atoms with Gasteiger partial charge in [0, 0.05) is 6.20 Å². The highest BCUT2D eigenvalue weighted by atomic mass is 14.9. The van der Waals surface area contributed by atoms with Crippen LogP contribution in [0.5, 0.6) is 0 Å². The van der Waals surface area contributed by atoms with E-state index in [4.69, 9.17) is 5.73 Å². The molecule has 1 aromatic rings. The van der Waals surface area contributed by atoms with Gasteiger partial charge in [-0.25, -0.2) is 9.97 Å². The lowest BCUT2D eigenvalue weighted by atomic mass is 10.5. The first-order valence-corrected chi connectivity index (χ1v) is 2.54. The zero-order valence-electron chi connectivity index (χ0n) is 4.91. The lowest BCUT2D eigenvalue weighted by Crippen LogP contribution is -1.92. The van der Waals surface area contributed by atoms with Crippen LogP contribution in [0.1, 0.15) is 5.82 Å². The largest absolute Gasteiger partial charge is 0.384 e. The smallest absolute Gasteiger partial charge is 0.153 e. The number of nitrogens with two attached hydrogens (primary N) is 1. The molecule has 0 radical (unpaired) electrons. The van der Waals surface area contributed by atoms with Crippen molar-refractivity contribution in [2.75, 3.05) is 5.73 Å². The van der Waals surface area contributed by atoms with Gasteiger partial charge in [-0.1, -0.05) is 6.58 Å². The van der Waals surface area contributed by atoms with E-state index in [1.54, 1.807) is 18.3 Å². The maximum Gasteiger partial charge on any atom is 0.153 e. The van der Waals surface area contributed by atoms with Gasteiger partial charge < -0.3 is 5.73 Å². The molecule has 9 heavy (non-hydrogen) atoms. The molecule has 0 fully saturated rings. The molecule has 0 amide bonds. The van der Waals surface area contributed by atoms with Crippen molar-refractivity contribution in [1.29, 1.82) is 0 Å². The van der Waals surface area contributed by atoms with Crippen LogP contribution in [0.2, 0.25) is 0 Å². The minimum Gasteiger partial charge on any atom is -0.384 e. The maximum atomic E-state index is 5.34. The van der Waals surface area contributed by atoms with Crippen LogP contribution in [-0.4, -0.2) is 9.97 Å². The Morgan fingerprint density at radius 1 is 1.67 bits per heavy atom. The van der Waals surface area contributed by atoms with Crippen molar-refractivity contribution in [2.45, 2.75) is 0 Å². The lowest BCUT2D eigenvalue weighted by Gasteiger charge is -1.90. The summed E-state index contributed by atoms with van der Waals surface area (Å²) >= 11 is 0. The second kappa shape index (κ2) is 2.26. The Hall–Kier alpha value is -1.38. The summed E-state index contributed by atoms with van der Waals surface area (Å²) in [7, 11) is 0. The van der Waals surface area contributed by atoms with Gasteiger partial charge in [-0.15, -0.1) is 0 Å². The minimum atomic E-state index is 0.472. The zero-order valence-corrected chi connectivity index (χ0v) is 4.91. The molecule has 0 aliphatic rings. The molecule has 2 N–H and O–H groups in total. The van der Waals surface area contributed by atoms with Gasteiger partial charge in [-0.05, 0) is 12.1 Å². The van der Waals surface area contributed by atoms with E-state index in [1.165, 1.54) is 0 Å². The van der Waals surface area contributed by atoms with E-state index in [0.717, 1.165) is 0 Å². The Bertz CT molecular complexity index is 219. The van der Waals surface area contributed by atoms with Crippen molar-refractivity contribution < 1.29 is 0 Å². The summed E-state index contributed by atoms with van der Waals surface area (Å²) < 4.78 is 0. The number of anilines is 1. The van der Waals surface area contributed by atoms with E-state index >= 15 is 0 Å². The predicted molar refractivity (Wildman–Crippen MR) is 36.5 cm³/mol. The van der Waals surface area contributed by atoms with Gasteiger partial charge >= 0.3 is 0 Å². The Balaban J connectivity index is 3.07. The molecular weight excluding hydrogens is 114 g/mol. The first-order valence-electron chi connectivity index (χ1n) is 2.54. The zero-order chi connectivity index (χ0) is 6.69. The van der Waals surface area contributed by atoms with E-state index in [2.05, 4.69) is 16.5 Å². The third-order valence-corrected chi connectivity index (χ3v) is 0.878. The highest BCUT2D eigenvalue weighted by Gasteiger charge is 1.86. The van der Waals surface area contributed by atoms with Gasteiger partial charge in [0.1, 0.15) is 5.82 Å². The van der Waals surface area contributed by atoms with Crippen molar-refractivity contribution in [3.63, 3.8) is 0 Å². The van der Waals surface area contributed by atoms with Crippen LogP contribution in [0.15, 0.2) is 18.8 Å². The predicted octanol–water partition coefficient (Wildman–Crippen LogP) is 0.702. The average Bonchev–Trinajstić information content (AvgIpc) is 1.88. The van der Waals surface area contributed by atoms with Crippen molar-refractivity contribution in [2.24, 2.45) is 0 Å². The highest BCUT2D eigenvalue weighted by molar-refractivity contribution is 5.39. The Morgan fingerprint density at radius 3 is 2.89 bits per heavy atom. The van der Waals surface area contributed by atoms with E-state index < -0.39 is 0 Å². The monoisotopic (exact) mass is 121 g/mol. The number of nitrogen functional groups attached to an aromatic ring is 1. The van der Waals surface area contributed by atoms with Gasteiger partial charge in [-0.2, -0.15) is 0 Å². The van der Waals surface area contributed by atoms with Crippen molar-refractivity contribution in [3.8, 4) is 0 Å². The number of aromatic nitrogens is 2. The van der Waals surface area contributed by atoms with Crippen molar-refractivity contribution in [1.82, 2.24) is 9.97 Å². The highest BCUT2D eigenvalue weighted by Crippen LogP contribution is 1.95. The molecule has 3 nitrogen and oxygen atoms in total. The molecule has 0 saturated heterocycles. The van der Waals surface area contributed by atoms with Gasteiger partial charge in [-0.3, -0.25) is 0 Å². The lowest BCUT2D eigenvalue weighted by molar-refractivity contribution is 1.14. The second-order valence-electron chi connectivity index (χ2n) is 1.54. The van der Waals surface area contributed by atoms with Crippen LogP contribution in [0.4, 0.5) is 5.82 Å². The third-order valence-electron chi connectivity index (χ3n) is 0.878. The molecule has 0 saturated carbocycles. The molecule has 0 atom stereocenters. The summed E-state index contributed by atoms with van der Waals surface area (Å²) in [6.07, 6.45) is 3.15. The molecule has 1 aromatic heterocycles. The summed E-state index contributed by atoms with van der Waals surface area (Å²) in [6, 6.07) is 1.63. The van der Waals surface area contributed by atoms with E-state index in [1.807, 2.05) is 0 Å². The maximum absolute atomic E-state index is 5.34. The van der Waals surface area contributed by atoms with Crippen molar-refractivity contribution >= 4 is 11.9 Å². The quantitative estimate of drug-likeness (QED) is 0.595. The molecule has 46 valence electrons. The molecule has 0 spiro atoms. The number of hydrogen-bond acceptors (Lipinski definition) is 3. The van der Waals surface area contributed by atoms with E-state index in [-0.39, 0.29) is 0 Å². The van der Waals surface area contributed by atoms with E-state index in [9.17, 15) is 0 Å². The molecule has 0 unspecified atom stereocenters. The standard InChI is InChI=1S/C6H7N3/c1-2-6-8-4-3-5(7)9-6/h2-4H,1H2,(H2,7,8,9). The summed E-state index contributed by atoms with van der Waals surface area (Å²) in [4.78, 5) is 7.69. The Kier molecular flexibility index (Phi) is 1.44. The number of rotatable bonds is 1. The molecule has 1 rings (SSSR count). The first kappa shape index (κ1) is 5.75. The summed E-state index contributed by atoms with van der Waals surface area (Å²) in [5.74, 6) is 1.04. The molecule has 1 heterocycles. The molecule has 0 aliphatic heterocycles. The van der Waals surface area contributed by atoms with Gasteiger partial charge in [0.25, 0.3) is 0 Å². The van der Waals surface area contributed by atoms with Crippen LogP contribution >= 0.6 is 0 Å². The fourth-order valence-electron chi connectivity index (χ4n) is 0.487.